The highest BCUT2D eigenvalue weighted by Gasteiger charge is 2.15. The first-order valence-electron chi connectivity index (χ1n) is 11.7. The number of anilines is 1. The maximum Gasteiger partial charge on any atom is 0.253 e. The average molecular weight is 477 g/mol. The van der Waals surface area contributed by atoms with Gasteiger partial charge in [0.25, 0.3) is 5.91 Å². The Bertz CT molecular complexity index is 1510. The first kappa shape index (κ1) is 23.2. The zero-order valence-electron chi connectivity index (χ0n) is 19.9. The zero-order valence-corrected chi connectivity index (χ0v) is 19.9. The normalized spacial score (nSPS) is 10.8. The number of halogens is 1. The van der Waals surface area contributed by atoms with Crippen LogP contribution in [0.2, 0.25) is 0 Å². The van der Waals surface area contributed by atoms with Gasteiger partial charge in [-0.3, -0.25) is 4.79 Å². The molecule has 0 bridgehead atoms. The van der Waals surface area contributed by atoms with Gasteiger partial charge in [0.2, 0.25) is 0 Å². The number of fused-ring (bicyclic) bond motifs is 1. The Morgan fingerprint density at radius 2 is 1.56 bits per heavy atom. The van der Waals surface area contributed by atoms with Crippen LogP contribution in [0.4, 0.5) is 10.2 Å². The summed E-state index contributed by atoms with van der Waals surface area (Å²) in [7, 11) is 1.68. The van der Waals surface area contributed by atoms with E-state index in [9.17, 15) is 9.18 Å². The second-order valence-corrected chi connectivity index (χ2v) is 8.63. The molecule has 5 nitrogen and oxygen atoms in total. The van der Waals surface area contributed by atoms with Crippen molar-refractivity contribution >= 4 is 22.6 Å². The Hall–Kier alpha value is -4.58. The van der Waals surface area contributed by atoms with Crippen LogP contribution in [0.1, 0.15) is 21.5 Å². The molecule has 0 aliphatic rings. The van der Waals surface area contributed by atoms with Crippen molar-refractivity contribution in [2.24, 2.45) is 0 Å². The molecule has 0 atom stereocenters. The predicted molar refractivity (Wildman–Crippen MR) is 141 cm³/mol. The molecule has 4 aromatic carbocycles. The van der Waals surface area contributed by atoms with Crippen LogP contribution in [0.5, 0.6) is 0 Å². The van der Waals surface area contributed by atoms with Crippen LogP contribution >= 0.6 is 0 Å². The fourth-order valence-electron chi connectivity index (χ4n) is 4.16. The van der Waals surface area contributed by atoms with E-state index in [1.54, 1.807) is 37.6 Å². The van der Waals surface area contributed by atoms with Gasteiger partial charge in [0, 0.05) is 36.7 Å². The largest absolute Gasteiger partial charge is 0.365 e. The Balaban J connectivity index is 1.41. The number of hydrogen-bond donors (Lipinski definition) is 1. The molecule has 1 heterocycles. The van der Waals surface area contributed by atoms with E-state index < -0.39 is 0 Å². The highest BCUT2D eigenvalue weighted by atomic mass is 19.1. The molecule has 36 heavy (non-hydrogen) atoms. The molecule has 0 spiro atoms. The molecule has 0 saturated heterocycles. The third kappa shape index (κ3) is 5.08. The number of benzene rings is 4. The Morgan fingerprint density at radius 1 is 0.861 bits per heavy atom. The lowest BCUT2D eigenvalue weighted by Crippen LogP contribution is -2.26. The summed E-state index contributed by atoms with van der Waals surface area (Å²) in [6.07, 6.45) is 1.55. The van der Waals surface area contributed by atoms with Crippen LogP contribution in [0.15, 0.2) is 103 Å². The predicted octanol–water partition coefficient (Wildman–Crippen LogP) is 6.32. The van der Waals surface area contributed by atoms with Gasteiger partial charge in [-0.25, -0.2) is 14.4 Å². The summed E-state index contributed by atoms with van der Waals surface area (Å²) in [6, 6.07) is 30.0. The second-order valence-electron chi connectivity index (χ2n) is 8.63. The van der Waals surface area contributed by atoms with Crippen LogP contribution < -0.4 is 5.32 Å². The molecule has 6 heteroatoms. The van der Waals surface area contributed by atoms with E-state index in [4.69, 9.17) is 0 Å². The van der Waals surface area contributed by atoms with E-state index in [0.717, 1.165) is 33.4 Å². The smallest absolute Gasteiger partial charge is 0.253 e. The Labute approximate surface area is 209 Å². The summed E-state index contributed by atoms with van der Waals surface area (Å²) in [5, 5.41) is 4.28. The van der Waals surface area contributed by atoms with Crippen molar-refractivity contribution in [3.05, 3.63) is 126 Å². The van der Waals surface area contributed by atoms with E-state index >= 15 is 0 Å². The van der Waals surface area contributed by atoms with E-state index in [1.165, 1.54) is 11.0 Å². The number of nitrogens with one attached hydrogen (secondary N) is 1. The van der Waals surface area contributed by atoms with Crippen LogP contribution in [0, 0.1) is 5.82 Å². The Morgan fingerprint density at radius 3 is 2.33 bits per heavy atom. The maximum atomic E-state index is 14.7. The topological polar surface area (TPSA) is 58.1 Å². The molecule has 1 aromatic heterocycles. The Kier molecular flexibility index (Phi) is 6.67. The van der Waals surface area contributed by atoms with Gasteiger partial charge >= 0.3 is 0 Å². The van der Waals surface area contributed by atoms with Crippen molar-refractivity contribution in [3.63, 3.8) is 0 Å². The summed E-state index contributed by atoms with van der Waals surface area (Å²) in [5.41, 5.74) is 4.76. The number of carbonyl (C=O) groups is 1. The average Bonchev–Trinajstić information content (AvgIpc) is 2.93. The lowest BCUT2D eigenvalue weighted by molar-refractivity contribution is 0.0784. The summed E-state index contributed by atoms with van der Waals surface area (Å²) < 4.78 is 14.7. The maximum absolute atomic E-state index is 14.7. The fraction of sp³-hybridized carbons (Fsp3) is 0.100. The van der Waals surface area contributed by atoms with Crippen molar-refractivity contribution in [2.75, 3.05) is 12.4 Å². The third-order valence-corrected chi connectivity index (χ3v) is 6.09. The molecule has 1 N–H and O–H groups in total. The molecule has 0 aliphatic carbocycles. The van der Waals surface area contributed by atoms with Gasteiger partial charge in [-0.15, -0.1) is 0 Å². The molecule has 5 rings (SSSR count). The number of nitrogens with zero attached hydrogens (tertiary/aromatic N) is 3. The van der Waals surface area contributed by atoms with Gasteiger partial charge in [0.05, 0.1) is 5.52 Å². The van der Waals surface area contributed by atoms with Gasteiger partial charge in [0.1, 0.15) is 18.0 Å². The van der Waals surface area contributed by atoms with E-state index in [1.807, 2.05) is 54.6 Å². The molecule has 0 radical (unpaired) electrons. The SMILES string of the molecule is CN(Cc1cc(-c2ccc3ncnc(NCc4ccccc4)c3c2)ccc1F)C(=O)c1ccccc1. The van der Waals surface area contributed by atoms with E-state index in [0.29, 0.717) is 17.7 Å². The molecule has 0 aliphatic heterocycles. The van der Waals surface area contributed by atoms with Gasteiger partial charge < -0.3 is 10.2 Å². The number of amides is 1. The summed E-state index contributed by atoms with van der Waals surface area (Å²) in [5.74, 6) is 0.236. The zero-order chi connectivity index (χ0) is 24.9. The van der Waals surface area contributed by atoms with Crippen LogP contribution in [-0.4, -0.2) is 27.8 Å². The molecular weight excluding hydrogens is 451 g/mol. The number of carbonyl (C=O) groups excluding carboxylic acids is 1. The van der Waals surface area contributed by atoms with Gasteiger partial charge in [-0.1, -0.05) is 60.7 Å². The van der Waals surface area contributed by atoms with Gasteiger partial charge in [-0.05, 0) is 53.1 Å². The first-order chi connectivity index (χ1) is 17.6. The third-order valence-electron chi connectivity index (χ3n) is 6.09. The number of rotatable bonds is 7. The van der Waals surface area contributed by atoms with Crippen molar-refractivity contribution in [1.29, 1.82) is 0 Å². The van der Waals surface area contributed by atoms with Gasteiger partial charge in [0.15, 0.2) is 0 Å². The summed E-state index contributed by atoms with van der Waals surface area (Å²) in [6.45, 7) is 0.799. The number of aromatic nitrogens is 2. The van der Waals surface area contributed by atoms with Crippen LogP contribution in [0.3, 0.4) is 0 Å². The van der Waals surface area contributed by atoms with Crippen LogP contribution in [-0.2, 0) is 13.1 Å². The minimum Gasteiger partial charge on any atom is -0.365 e. The van der Waals surface area contributed by atoms with Crippen molar-refractivity contribution in [2.45, 2.75) is 13.1 Å². The van der Waals surface area contributed by atoms with Crippen molar-refractivity contribution in [3.8, 4) is 11.1 Å². The quantitative estimate of drug-likeness (QED) is 0.299. The monoisotopic (exact) mass is 476 g/mol. The first-order valence-corrected chi connectivity index (χ1v) is 11.7. The summed E-state index contributed by atoms with van der Waals surface area (Å²) in [4.78, 5) is 23.1. The highest BCUT2D eigenvalue weighted by molar-refractivity contribution is 5.94. The molecule has 5 aromatic rings. The molecule has 0 saturated carbocycles. The minimum absolute atomic E-state index is 0.155. The highest BCUT2D eigenvalue weighted by Crippen LogP contribution is 2.29. The molecule has 0 fully saturated rings. The fourth-order valence-corrected chi connectivity index (χ4v) is 4.16. The van der Waals surface area contributed by atoms with Crippen LogP contribution in [0.25, 0.3) is 22.0 Å². The standard InChI is InChI=1S/C30H25FN4O/c1-35(30(36)22-10-6-3-7-11-22)19-25-16-23(12-14-27(25)31)24-13-15-28-26(17-24)29(34-20-33-28)32-18-21-8-4-2-5-9-21/h2-17,20H,18-19H2,1H3,(H,32,33,34). The molecule has 0 unspecified atom stereocenters. The second kappa shape index (κ2) is 10.4. The molecular formula is C30H25FN4O. The molecule has 178 valence electrons. The van der Waals surface area contributed by atoms with E-state index in [2.05, 4.69) is 27.4 Å². The molecule has 1 amide bonds. The van der Waals surface area contributed by atoms with E-state index in [-0.39, 0.29) is 18.3 Å². The van der Waals surface area contributed by atoms with Crippen molar-refractivity contribution in [1.82, 2.24) is 14.9 Å². The lowest BCUT2D eigenvalue weighted by Gasteiger charge is -2.18. The minimum atomic E-state index is -0.346. The van der Waals surface area contributed by atoms with Crippen molar-refractivity contribution < 1.29 is 9.18 Å². The van der Waals surface area contributed by atoms with Gasteiger partial charge in [-0.2, -0.15) is 0 Å². The lowest BCUT2D eigenvalue weighted by atomic mass is 10.0. The summed E-state index contributed by atoms with van der Waals surface area (Å²) >= 11 is 0. The number of hydrogen-bond acceptors (Lipinski definition) is 4.